The Balaban J connectivity index is 2.39. The smallest absolute Gasteiger partial charge is 0.267 e. The lowest BCUT2D eigenvalue weighted by Gasteiger charge is -2.07. The van der Waals surface area contributed by atoms with Crippen LogP contribution in [0.5, 0.6) is 0 Å². The first-order valence-corrected chi connectivity index (χ1v) is 6.68. The van der Waals surface area contributed by atoms with Gasteiger partial charge in [-0.2, -0.15) is 0 Å². The van der Waals surface area contributed by atoms with Gasteiger partial charge in [0.15, 0.2) is 5.78 Å². The lowest BCUT2D eigenvalue weighted by Crippen LogP contribution is -2.28. The summed E-state index contributed by atoms with van der Waals surface area (Å²) in [5.74, 6) is -2.71. The van der Waals surface area contributed by atoms with Crippen LogP contribution in [0.15, 0.2) is 29.3 Å². The highest BCUT2D eigenvalue weighted by molar-refractivity contribution is 14.1. The second-order valence-electron chi connectivity index (χ2n) is 4.10. The molecule has 0 saturated heterocycles. The molecule has 0 amide bonds. The van der Waals surface area contributed by atoms with Crippen LogP contribution in [0.3, 0.4) is 0 Å². The summed E-state index contributed by atoms with van der Waals surface area (Å²) in [6.45, 7) is 1.20. The molecule has 0 aliphatic rings. The summed E-state index contributed by atoms with van der Waals surface area (Å²) in [4.78, 5) is 27.8. The van der Waals surface area contributed by atoms with E-state index >= 15 is 0 Å². The maximum absolute atomic E-state index is 13.5. The molecule has 2 rings (SSSR count). The van der Waals surface area contributed by atoms with Crippen molar-refractivity contribution in [2.75, 3.05) is 0 Å². The molecule has 0 bridgehead atoms. The Kier molecular flexibility index (Phi) is 4.26. The van der Waals surface area contributed by atoms with Gasteiger partial charge in [0.05, 0.1) is 27.7 Å². The molecular weight excluding hydrogens is 381 g/mol. The Bertz CT molecular complexity index is 723. The third kappa shape index (κ3) is 2.77. The van der Waals surface area contributed by atoms with Crippen molar-refractivity contribution in [3.8, 4) is 0 Å². The summed E-state index contributed by atoms with van der Waals surface area (Å²) < 4.78 is 28.4. The topological polar surface area (TPSA) is 52.0 Å². The number of halogens is 3. The predicted molar refractivity (Wildman–Crippen MR) is 76.6 cm³/mol. The van der Waals surface area contributed by atoms with Gasteiger partial charge in [0.25, 0.3) is 5.56 Å². The van der Waals surface area contributed by atoms with Gasteiger partial charge < -0.3 is 0 Å². The minimum Gasteiger partial charge on any atom is -0.292 e. The van der Waals surface area contributed by atoms with Gasteiger partial charge >= 0.3 is 0 Å². The maximum atomic E-state index is 13.5. The SMILES string of the molecule is Cc1ncn(CC(=O)c2c(F)cccc2F)c(=O)c1I. The maximum Gasteiger partial charge on any atom is 0.267 e. The average Bonchev–Trinajstić information content (AvgIpc) is 2.39. The molecule has 0 radical (unpaired) electrons. The highest BCUT2D eigenvalue weighted by atomic mass is 127. The molecule has 0 aliphatic heterocycles. The van der Waals surface area contributed by atoms with Crippen molar-refractivity contribution in [2.45, 2.75) is 13.5 Å². The Morgan fingerprint density at radius 1 is 1.35 bits per heavy atom. The van der Waals surface area contributed by atoms with Crippen LogP contribution in [-0.2, 0) is 6.54 Å². The van der Waals surface area contributed by atoms with Gasteiger partial charge in [0, 0.05) is 0 Å². The van der Waals surface area contributed by atoms with Crippen molar-refractivity contribution in [3.05, 3.63) is 61.3 Å². The van der Waals surface area contributed by atoms with E-state index in [0.29, 0.717) is 9.26 Å². The highest BCUT2D eigenvalue weighted by Crippen LogP contribution is 2.13. The molecule has 7 heteroatoms. The lowest BCUT2D eigenvalue weighted by atomic mass is 10.1. The van der Waals surface area contributed by atoms with Crippen LogP contribution in [0.2, 0.25) is 0 Å². The standard InChI is InChI=1S/C13H9F2IN2O2/c1-7-12(16)13(20)18(6-17-7)5-10(19)11-8(14)3-2-4-9(11)15/h2-4,6H,5H2,1H3. The number of hydrogen-bond acceptors (Lipinski definition) is 3. The Morgan fingerprint density at radius 2 is 1.95 bits per heavy atom. The van der Waals surface area contributed by atoms with E-state index in [2.05, 4.69) is 4.98 Å². The molecule has 1 aromatic heterocycles. The Morgan fingerprint density at radius 3 is 2.55 bits per heavy atom. The molecule has 2 aromatic rings. The van der Waals surface area contributed by atoms with Crippen LogP contribution in [0, 0.1) is 22.1 Å². The fraction of sp³-hybridized carbons (Fsp3) is 0.154. The lowest BCUT2D eigenvalue weighted by molar-refractivity contribution is 0.0962. The number of ketones is 1. The number of aromatic nitrogens is 2. The highest BCUT2D eigenvalue weighted by Gasteiger charge is 2.18. The van der Waals surface area contributed by atoms with Crippen LogP contribution in [-0.4, -0.2) is 15.3 Å². The van der Waals surface area contributed by atoms with Gasteiger partial charge in [-0.15, -0.1) is 0 Å². The fourth-order valence-corrected chi connectivity index (χ4v) is 2.11. The molecule has 4 nitrogen and oxygen atoms in total. The van der Waals surface area contributed by atoms with Gasteiger partial charge in [-0.1, -0.05) is 6.07 Å². The van der Waals surface area contributed by atoms with Crippen molar-refractivity contribution in [3.63, 3.8) is 0 Å². The largest absolute Gasteiger partial charge is 0.292 e. The number of carbonyl (C=O) groups excluding carboxylic acids is 1. The molecule has 0 saturated carbocycles. The van der Waals surface area contributed by atoms with Crippen molar-refractivity contribution in [1.82, 2.24) is 9.55 Å². The molecule has 0 unspecified atom stereocenters. The van der Waals surface area contributed by atoms with Crippen molar-refractivity contribution in [2.24, 2.45) is 0 Å². The van der Waals surface area contributed by atoms with Gasteiger partial charge in [0.1, 0.15) is 11.6 Å². The number of aryl methyl sites for hydroxylation is 1. The van der Waals surface area contributed by atoms with E-state index in [0.717, 1.165) is 16.7 Å². The number of nitrogens with zero attached hydrogens (tertiary/aromatic N) is 2. The predicted octanol–water partition coefficient (Wildman–Crippen LogP) is 2.32. The first-order chi connectivity index (χ1) is 9.41. The number of rotatable bonds is 3. The summed E-state index contributed by atoms with van der Waals surface area (Å²) in [6.07, 6.45) is 1.19. The van der Waals surface area contributed by atoms with E-state index in [1.807, 2.05) is 22.6 Å². The first kappa shape index (κ1) is 14.8. The van der Waals surface area contributed by atoms with Crippen LogP contribution < -0.4 is 5.56 Å². The molecule has 20 heavy (non-hydrogen) atoms. The molecule has 1 aromatic carbocycles. The second-order valence-corrected chi connectivity index (χ2v) is 5.18. The van der Waals surface area contributed by atoms with Crippen LogP contribution in [0.1, 0.15) is 16.1 Å². The van der Waals surface area contributed by atoms with Crippen LogP contribution in [0.4, 0.5) is 8.78 Å². The molecule has 0 aliphatic carbocycles. The quantitative estimate of drug-likeness (QED) is 0.597. The van der Waals surface area contributed by atoms with Gasteiger partial charge in [-0.05, 0) is 41.6 Å². The Labute approximate surface area is 126 Å². The molecule has 0 spiro atoms. The first-order valence-electron chi connectivity index (χ1n) is 5.60. The molecule has 0 atom stereocenters. The third-order valence-corrected chi connectivity index (χ3v) is 3.95. The van der Waals surface area contributed by atoms with Gasteiger partial charge in [-0.25, -0.2) is 13.8 Å². The summed E-state index contributed by atoms with van der Waals surface area (Å²) in [5, 5.41) is 0. The minimum atomic E-state index is -0.946. The zero-order valence-electron chi connectivity index (χ0n) is 10.4. The Hall–Kier alpha value is -1.64. The van der Waals surface area contributed by atoms with E-state index < -0.39 is 35.1 Å². The molecule has 104 valence electrons. The van der Waals surface area contributed by atoms with E-state index in [4.69, 9.17) is 0 Å². The van der Waals surface area contributed by atoms with Crippen LogP contribution >= 0.6 is 22.6 Å². The average molecular weight is 390 g/mol. The molecule has 0 N–H and O–H groups in total. The summed E-state index contributed by atoms with van der Waals surface area (Å²) in [5.41, 5.74) is -0.519. The third-order valence-electron chi connectivity index (χ3n) is 2.71. The molecular formula is C13H9F2IN2O2. The summed E-state index contributed by atoms with van der Waals surface area (Å²) in [6, 6.07) is 3.16. The fourth-order valence-electron chi connectivity index (χ4n) is 1.66. The zero-order chi connectivity index (χ0) is 14.9. The monoisotopic (exact) mass is 390 g/mol. The summed E-state index contributed by atoms with van der Waals surface area (Å²) >= 11 is 1.81. The van der Waals surface area contributed by atoms with E-state index in [-0.39, 0.29) is 0 Å². The van der Waals surface area contributed by atoms with E-state index in [1.54, 1.807) is 6.92 Å². The number of hydrogen-bond donors (Lipinski definition) is 0. The zero-order valence-corrected chi connectivity index (χ0v) is 12.5. The van der Waals surface area contributed by atoms with E-state index in [1.165, 1.54) is 12.4 Å². The molecule has 1 heterocycles. The number of Topliss-reactive ketones (excluding diaryl/α,β-unsaturated/α-hetero) is 1. The number of benzene rings is 1. The summed E-state index contributed by atoms with van der Waals surface area (Å²) in [7, 11) is 0. The molecule has 0 fully saturated rings. The number of carbonyl (C=O) groups is 1. The van der Waals surface area contributed by atoms with Gasteiger partial charge in [0.2, 0.25) is 0 Å². The van der Waals surface area contributed by atoms with Crippen molar-refractivity contribution in [1.29, 1.82) is 0 Å². The normalized spacial score (nSPS) is 10.6. The van der Waals surface area contributed by atoms with Crippen LogP contribution in [0.25, 0.3) is 0 Å². The second kappa shape index (κ2) is 5.78. The van der Waals surface area contributed by atoms with Gasteiger partial charge in [-0.3, -0.25) is 14.2 Å². The minimum absolute atomic E-state index is 0.368. The van der Waals surface area contributed by atoms with E-state index in [9.17, 15) is 18.4 Å². The van der Waals surface area contributed by atoms with Crippen molar-refractivity contribution >= 4 is 28.4 Å². The van der Waals surface area contributed by atoms with Crippen molar-refractivity contribution < 1.29 is 13.6 Å².